The van der Waals surface area contributed by atoms with Gasteiger partial charge in [-0.15, -0.1) is 0 Å². The van der Waals surface area contributed by atoms with Gasteiger partial charge in [0.15, 0.2) is 23.0 Å². The molecule has 3 aliphatic rings. The zero-order chi connectivity index (χ0) is 31.8. The van der Waals surface area contributed by atoms with E-state index in [2.05, 4.69) is 17.0 Å². The lowest BCUT2D eigenvalue weighted by Gasteiger charge is -2.54. The number of amides is 1. The van der Waals surface area contributed by atoms with Gasteiger partial charge in [0.25, 0.3) is 0 Å². The minimum absolute atomic E-state index is 0.000460. The molecule has 10 nitrogen and oxygen atoms in total. The van der Waals surface area contributed by atoms with Gasteiger partial charge < -0.3 is 30.9 Å². The van der Waals surface area contributed by atoms with E-state index in [9.17, 15) is 34.5 Å². The molecule has 10 heteroatoms. The summed E-state index contributed by atoms with van der Waals surface area (Å²) in [6, 6.07) is 14.3. The van der Waals surface area contributed by atoms with Crippen molar-refractivity contribution in [2.45, 2.75) is 37.1 Å². The molecular formula is C34H37N3O7. The van der Waals surface area contributed by atoms with E-state index in [1.165, 1.54) is 6.07 Å². The number of primary amides is 1. The molecule has 5 N–H and O–H groups in total. The van der Waals surface area contributed by atoms with Crippen LogP contribution in [0.2, 0.25) is 0 Å². The summed E-state index contributed by atoms with van der Waals surface area (Å²) in [7, 11) is 7.26. The number of aliphatic hydroxyl groups excluding tert-OH is 1. The van der Waals surface area contributed by atoms with Gasteiger partial charge in [-0.05, 0) is 86.0 Å². The number of phenolic OH excluding ortho intramolecular Hbond substituents is 1. The highest BCUT2D eigenvalue weighted by atomic mass is 16.3. The van der Waals surface area contributed by atoms with Crippen LogP contribution in [-0.2, 0) is 27.3 Å². The molecule has 3 aliphatic carbocycles. The van der Waals surface area contributed by atoms with Gasteiger partial charge in [-0.1, -0.05) is 42.5 Å². The zero-order valence-corrected chi connectivity index (χ0v) is 25.2. The van der Waals surface area contributed by atoms with E-state index in [1.807, 2.05) is 38.4 Å². The van der Waals surface area contributed by atoms with Crippen LogP contribution < -0.4 is 5.73 Å². The summed E-state index contributed by atoms with van der Waals surface area (Å²) < 4.78 is 0. The van der Waals surface area contributed by atoms with E-state index < -0.39 is 64.7 Å². The minimum Gasteiger partial charge on any atom is -0.507 e. The number of aromatic hydroxyl groups is 1. The molecule has 0 heterocycles. The van der Waals surface area contributed by atoms with E-state index in [1.54, 1.807) is 25.1 Å². The van der Waals surface area contributed by atoms with Gasteiger partial charge in [-0.25, -0.2) is 0 Å². The van der Waals surface area contributed by atoms with Crippen molar-refractivity contribution in [3.05, 3.63) is 65.2 Å². The Morgan fingerprint density at radius 1 is 0.955 bits per heavy atom. The fourth-order valence-electron chi connectivity index (χ4n) is 8.15. The SMILES string of the molecule is CN(C)Cc1ccc(-c2ccc(O)c3c2C[C@@H]2C[C@@H]4[C@@H](N(C)C)C(O)C(C(N)=O)C(=O)[C@]4(O)C(=O)C2C3=O)c2ccccc12. The minimum atomic E-state index is -2.69. The average Bonchev–Trinajstić information content (AvgIpc) is 2.95. The van der Waals surface area contributed by atoms with Gasteiger partial charge in [0.2, 0.25) is 5.91 Å². The first kappa shape index (κ1) is 30.1. The fourth-order valence-corrected chi connectivity index (χ4v) is 8.15. The number of benzene rings is 3. The van der Waals surface area contributed by atoms with Crippen LogP contribution in [-0.4, -0.2) is 94.3 Å². The standard InChI is InChI=1S/C34H37N3O7/c1-36(2)15-16-9-10-20(19-8-6-5-7-18(16)19)21-11-12-24(38)26-22(21)13-17-14-23-28(37(3)4)30(40)27(33(35)43)32(42)34(23,44)31(41)25(17)29(26)39/h5-12,17,23,25,27-28,30,38,40,44H,13-15H2,1-4H3,(H2,35,43)/t17-,23-,25?,27?,28-,30?,34-/m1/s1. The molecule has 0 aromatic heterocycles. The van der Waals surface area contributed by atoms with Gasteiger partial charge in [0, 0.05) is 18.5 Å². The molecule has 0 saturated heterocycles. The van der Waals surface area contributed by atoms with Crippen LogP contribution >= 0.6 is 0 Å². The number of carbonyl (C=O) groups excluding carboxylic acids is 4. The van der Waals surface area contributed by atoms with E-state index in [-0.39, 0.29) is 24.2 Å². The molecule has 1 amide bonds. The number of hydrogen-bond acceptors (Lipinski definition) is 9. The molecule has 3 aromatic rings. The fraction of sp³-hybridized carbons (Fsp3) is 0.412. The molecular weight excluding hydrogens is 562 g/mol. The first-order valence-electron chi connectivity index (χ1n) is 14.8. The Bertz CT molecular complexity index is 1730. The second kappa shape index (κ2) is 10.6. The highest BCUT2D eigenvalue weighted by Crippen LogP contribution is 2.52. The molecule has 2 saturated carbocycles. The lowest BCUT2D eigenvalue weighted by atomic mass is 9.52. The van der Waals surface area contributed by atoms with E-state index >= 15 is 0 Å². The van der Waals surface area contributed by atoms with Crippen LogP contribution in [0.15, 0.2) is 48.5 Å². The van der Waals surface area contributed by atoms with Gasteiger partial charge in [-0.3, -0.25) is 19.2 Å². The predicted molar refractivity (Wildman–Crippen MR) is 163 cm³/mol. The zero-order valence-electron chi connectivity index (χ0n) is 25.2. The Kier molecular flexibility index (Phi) is 7.24. The Morgan fingerprint density at radius 2 is 1.61 bits per heavy atom. The number of likely N-dealkylation sites (N-methyl/N-ethyl adjacent to an activating group) is 1. The van der Waals surface area contributed by atoms with Crippen LogP contribution in [0, 0.1) is 23.7 Å². The molecule has 0 spiro atoms. The van der Waals surface area contributed by atoms with Crippen molar-refractivity contribution < 1.29 is 34.5 Å². The molecule has 7 atom stereocenters. The Balaban J connectivity index is 1.50. The molecule has 3 aromatic carbocycles. The third-order valence-electron chi connectivity index (χ3n) is 9.96. The summed E-state index contributed by atoms with van der Waals surface area (Å²) in [6.45, 7) is 0.733. The predicted octanol–water partition coefficient (Wildman–Crippen LogP) is 1.54. The first-order valence-corrected chi connectivity index (χ1v) is 14.8. The second-order valence-electron chi connectivity index (χ2n) is 13.0. The smallest absolute Gasteiger partial charge is 0.230 e. The third-order valence-corrected chi connectivity index (χ3v) is 9.96. The summed E-state index contributed by atoms with van der Waals surface area (Å²) in [5.74, 6) is -9.18. The molecule has 230 valence electrons. The first-order chi connectivity index (χ1) is 20.8. The Morgan fingerprint density at radius 3 is 2.25 bits per heavy atom. The third kappa shape index (κ3) is 4.23. The molecule has 0 aliphatic heterocycles. The molecule has 6 rings (SSSR count). The Labute approximate surface area is 255 Å². The lowest BCUT2D eigenvalue weighted by molar-refractivity contribution is -0.190. The van der Waals surface area contributed by atoms with E-state index in [0.29, 0.717) is 5.56 Å². The summed E-state index contributed by atoms with van der Waals surface area (Å²) >= 11 is 0. The summed E-state index contributed by atoms with van der Waals surface area (Å²) in [4.78, 5) is 57.8. The number of fused-ring (bicyclic) bond motifs is 4. The van der Waals surface area contributed by atoms with Crippen LogP contribution in [0.3, 0.4) is 0 Å². The highest BCUT2D eigenvalue weighted by molar-refractivity contribution is 6.25. The van der Waals surface area contributed by atoms with Crippen LogP contribution in [0.4, 0.5) is 0 Å². The van der Waals surface area contributed by atoms with E-state index in [4.69, 9.17) is 5.73 Å². The van der Waals surface area contributed by atoms with Crippen molar-refractivity contribution >= 4 is 34.0 Å². The van der Waals surface area contributed by atoms with Crippen molar-refractivity contribution in [1.82, 2.24) is 9.80 Å². The molecule has 0 radical (unpaired) electrons. The van der Waals surface area contributed by atoms with Crippen molar-refractivity contribution in [3.8, 4) is 16.9 Å². The number of carbonyl (C=O) groups is 4. The number of aliphatic hydroxyl groups is 2. The summed E-state index contributed by atoms with van der Waals surface area (Å²) in [5, 5.41) is 36.0. The Hall–Kier alpha value is -3.96. The van der Waals surface area contributed by atoms with Crippen LogP contribution in [0.1, 0.15) is 27.9 Å². The van der Waals surface area contributed by atoms with Crippen molar-refractivity contribution in [2.75, 3.05) is 28.2 Å². The maximum Gasteiger partial charge on any atom is 0.230 e. The van der Waals surface area contributed by atoms with Crippen LogP contribution in [0.25, 0.3) is 21.9 Å². The van der Waals surface area contributed by atoms with Gasteiger partial charge >= 0.3 is 0 Å². The van der Waals surface area contributed by atoms with Gasteiger partial charge in [0.05, 0.1) is 17.6 Å². The van der Waals surface area contributed by atoms with Crippen molar-refractivity contribution in [1.29, 1.82) is 0 Å². The van der Waals surface area contributed by atoms with Gasteiger partial charge in [-0.2, -0.15) is 0 Å². The van der Waals surface area contributed by atoms with E-state index in [0.717, 1.165) is 34.0 Å². The van der Waals surface area contributed by atoms with Crippen LogP contribution in [0.5, 0.6) is 5.75 Å². The van der Waals surface area contributed by atoms with Crippen molar-refractivity contribution in [2.24, 2.45) is 29.4 Å². The van der Waals surface area contributed by atoms with Gasteiger partial charge in [0.1, 0.15) is 11.7 Å². The molecule has 2 fully saturated rings. The maximum atomic E-state index is 14.2. The monoisotopic (exact) mass is 599 g/mol. The topological polar surface area (TPSA) is 161 Å². The molecule has 0 bridgehead atoms. The summed E-state index contributed by atoms with van der Waals surface area (Å²) in [5.41, 5.74) is 6.14. The summed E-state index contributed by atoms with van der Waals surface area (Å²) in [6.07, 6.45) is -1.25. The normalized spacial score (nSPS) is 30.0. The number of nitrogens with two attached hydrogens (primary N) is 1. The quantitative estimate of drug-likeness (QED) is 0.319. The molecule has 3 unspecified atom stereocenters. The maximum absolute atomic E-state index is 14.2. The number of ketones is 3. The average molecular weight is 600 g/mol. The number of phenols is 1. The van der Waals surface area contributed by atoms with Crippen molar-refractivity contribution in [3.63, 3.8) is 0 Å². The lowest BCUT2D eigenvalue weighted by Crippen LogP contribution is -2.75. The largest absolute Gasteiger partial charge is 0.507 e. The second-order valence-corrected chi connectivity index (χ2v) is 13.0. The highest BCUT2D eigenvalue weighted by Gasteiger charge is 2.69. The molecule has 44 heavy (non-hydrogen) atoms. The number of nitrogens with zero attached hydrogens (tertiary/aromatic N) is 2. The number of hydrogen-bond donors (Lipinski definition) is 4. The number of Topliss-reactive ketones (excluding diaryl/α,β-unsaturated/α-hetero) is 3. The number of rotatable bonds is 5.